The van der Waals surface area contributed by atoms with E-state index in [1.54, 1.807) is 11.8 Å². The number of amides is 1. The molecule has 1 aromatic heterocycles. The van der Waals surface area contributed by atoms with Crippen molar-refractivity contribution in [3.8, 4) is 0 Å². The molecule has 5 heterocycles. The van der Waals surface area contributed by atoms with Crippen LogP contribution in [-0.4, -0.2) is 76.0 Å². The Hall–Kier alpha value is -2.39. The molecule has 2 aromatic rings. The van der Waals surface area contributed by atoms with Crippen LogP contribution in [0, 0.1) is 17.8 Å². The quantitative estimate of drug-likeness (QED) is 0.442. The molecule has 182 valence electrons. The SMILES string of the molecule is COC(=O)C1CCN(C(=O)C2CN3CCC2CC3Cn2cc(CSc3ccccc3)nn2)CC1. The normalized spacial score (nSPS) is 27.0. The number of hydrogen-bond acceptors (Lipinski definition) is 7. The molecule has 9 heteroatoms. The summed E-state index contributed by atoms with van der Waals surface area (Å²) < 4.78 is 6.85. The number of rotatable bonds is 7. The average molecular weight is 484 g/mol. The third-order valence-corrected chi connectivity index (χ3v) is 8.70. The van der Waals surface area contributed by atoms with Crippen LogP contribution >= 0.6 is 11.8 Å². The maximum absolute atomic E-state index is 13.3. The first-order chi connectivity index (χ1) is 16.6. The lowest BCUT2D eigenvalue weighted by atomic mass is 9.74. The number of ether oxygens (including phenoxy) is 1. The van der Waals surface area contributed by atoms with E-state index in [1.807, 2.05) is 27.8 Å². The first-order valence-electron chi connectivity index (χ1n) is 12.3. The topological polar surface area (TPSA) is 80.6 Å². The molecule has 4 fully saturated rings. The number of nitrogens with zero attached hydrogens (tertiary/aromatic N) is 5. The van der Waals surface area contributed by atoms with E-state index in [0.717, 1.165) is 43.9 Å². The number of thioether (sulfide) groups is 1. The first-order valence-corrected chi connectivity index (χ1v) is 13.3. The molecule has 4 aliphatic rings. The maximum Gasteiger partial charge on any atom is 0.308 e. The van der Waals surface area contributed by atoms with E-state index >= 15 is 0 Å². The molecular weight excluding hydrogens is 450 g/mol. The Morgan fingerprint density at radius 3 is 2.62 bits per heavy atom. The predicted molar refractivity (Wildman–Crippen MR) is 129 cm³/mol. The molecule has 4 aliphatic heterocycles. The summed E-state index contributed by atoms with van der Waals surface area (Å²) in [5.74, 6) is 1.38. The molecule has 4 saturated heterocycles. The number of carbonyl (C=O) groups excluding carboxylic acids is 2. The molecule has 0 N–H and O–H groups in total. The van der Waals surface area contributed by atoms with Crippen molar-refractivity contribution in [2.75, 3.05) is 33.3 Å². The summed E-state index contributed by atoms with van der Waals surface area (Å²) >= 11 is 1.77. The van der Waals surface area contributed by atoms with Crippen molar-refractivity contribution >= 4 is 23.6 Å². The fourth-order valence-corrected chi connectivity index (χ4v) is 6.52. The van der Waals surface area contributed by atoms with Crippen LogP contribution in [0.1, 0.15) is 31.4 Å². The van der Waals surface area contributed by atoms with E-state index < -0.39 is 0 Å². The van der Waals surface area contributed by atoms with E-state index in [9.17, 15) is 9.59 Å². The summed E-state index contributed by atoms with van der Waals surface area (Å²) in [6.07, 6.45) is 5.59. The van der Waals surface area contributed by atoms with Crippen molar-refractivity contribution in [3.05, 3.63) is 42.2 Å². The van der Waals surface area contributed by atoms with Crippen LogP contribution in [0.5, 0.6) is 0 Å². The molecule has 4 unspecified atom stereocenters. The fourth-order valence-electron chi connectivity index (χ4n) is 5.73. The van der Waals surface area contributed by atoms with Crippen molar-refractivity contribution in [3.63, 3.8) is 0 Å². The summed E-state index contributed by atoms with van der Waals surface area (Å²) in [7, 11) is 1.44. The molecule has 0 radical (unpaired) electrons. The zero-order valence-corrected chi connectivity index (χ0v) is 20.5. The zero-order chi connectivity index (χ0) is 23.5. The van der Waals surface area contributed by atoms with Gasteiger partial charge in [0.05, 0.1) is 31.2 Å². The van der Waals surface area contributed by atoms with Crippen molar-refractivity contribution in [1.82, 2.24) is 24.8 Å². The number of aromatic nitrogens is 3. The second kappa shape index (κ2) is 10.5. The van der Waals surface area contributed by atoms with Gasteiger partial charge in [0.2, 0.25) is 5.91 Å². The van der Waals surface area contributed by atoms with E-state index in [0.29, 0.717) is 37.9 Å². The van der Waals surface area contributed by atoms with Gasteiger partial charge in [0.1, 0.15) is 0 Å². The number of esters is 1. The van der Waals surface area contributed by atoms with Gasteiger partial charge < -0.3 is 9.64 Å². The lowest BCUT2D eigenvalue weighted by molar-refractivity contribution is -0.152. The van der Waals surface area contributed by atoms with Gasteiger partial charge in [0.25, 0.3) is 0 Å². The summed E-state index contributed by atoms with van der Waals surface area (Å²) in [6.45, 7) is 4.03. The van der Waals surface area contributed by atoms with Crippen LogP contribution in [-0.2, 0) is 26.6 Å². The van der Waals surface area contributed by atoms with Crippen LogP contribution < -0.4 is 0 Å². The van der Waals surface area contributed by atoms with Gasteiger partial charge in [0.15, 0.2) is 0 Å². The van der Waals surface area contributed by atoms with Gasteiger partial charge in [-0.3, -0.25) is 19.2 Å². The standard InChI is InChI=1S/C25H33N5O3S/c1-33-25(32)18-7-10-28(11-8-18)24(31)23-16-29-12-9-19(23)13-21(29)15-30-14-20(26-27-30)17-34-22-5-3-2-4-6-22/h2-6,14,18-19,21,23H,7-13,15-17H2,1H3. The van der Waals surface area contributed by atoms with Crippen LogP contribution in [0.4, 0.5) is 0 Å². The number of likely N-dealkylation sites (tertiary alicyclic amines) is 1. The number of hydrogen-bond donors (Lipinski definition) is 0. The third kappa shape index (κ3) is 5.15. The lowest BCUT2D eigenvalue weighted by Gasteiger charge is -2.50. The predicted octanol–water partition coefficient (Wildman–Crippen LogP) is 2.69. The van der Waals surface area contributed by atoms with E-state index in [-0.39, 0.29) is 23.7 Å². The van der Waals surface area contributed by atoms with Crippen LogP contribution in [0.15, 0.2) is 41.4 Å². The van der Waals surface area contributed by atoms with E-state index in [2.05, 4.69) is 33.5 Å². The summed E-state index contributed by atoms with van der Waals surface area (Å²) in [5.41, 5.74) is 0.994. The van der Waals surface area contributed by atoms with Gasteiger partial charge in [-0.15, -0.1) is 16.9 Å². The van der Waals surface area contributed by atoms with Crippen molar-refractivity contribution < 1.29 is 14.3 Å². The number of benzene rings is 1. The second-order valence-electron chi connectivity index (χ2n) is 9.70. The lowest BCUT2D eigenvalue weighted by Crippen LogP contribution is -2.59. The molecule has 34 heavy (non-hydrogen) atoms. The minimum absolute atomic E-state index is 0.0661. The van der Waals surface area contributed by atoms with Crippen LogP contribution in [0.3, 0.4) is 0 Å². The number of carbonyl (C=O) groups is 2. The van der Waals surface area contributed by atoms with E-state index in [4.69, 9.17) is 4.74 Å². The molecule has 8 nitrogen and oxygen atoms in total. The Kier molecular flexibility index (Phi) is 7.20. The molecule has 1 amide bonds. The van der Waals surface area contributed by atoms with Gasteiger partial charge in [-0.2, -0.15) is 0 Å². The van der Waals surface area contributed by atoms with Gasteiger partial charge in [-0.05, 0) is 50.3 Å². The number of methoxy groups -OCH3 is 1. The highest BCUT2D eigenvalue weighted by molar-refractivity contribution is 7.98. The minimum Gasteiger partial charge on any atom is -0.469 e. The second-order valence-corrected chi connectivity index (χ2v) is 10.7. The van der Waals surface area contributed by atoms with Gasteiger partial charge in [-0.25, -0.2) is 0 Å². The molecule has 1 aromatic carbocycles. The monoisotopic (exact) mass is 483 g/mol. The van der Waals surface area contributed by atoms with Crippen molar-refractivity contribution in [1.29, 1.82) is 0 Å². The maximum atomic E-state index is 13.3. The van der Waals surface area contributed by atoms with Crippen molar-refractivity contribution in [2.45, 2.75) is 48.9 Å². The number of fused-ring (bicyclic) bond motifs is 3. The Labute approximate surface area is 205 Å². The largest absolute Gasteiger partial charge is 0.469 e. The highest BCUT2D eigenvalue weighted by Gasteiger charge is 2.45. The van der Waals surface area contributed by atoms with Crippen LogP contribution in [0.2, 0.25) is 0 Å². The highest BCUT2D eigenvalue weighted by Crippen LogP contribution is 2.38. The molecule has 0 spiro atoms. The third-order valence-electron chi connectivity index (χ3n) is 7.65. The van der Waals surface area contributed by atoms with Gasteiger partial charge in [0, 0.05) is 42.5 Å². The summed E-state index contributed by atoms with van der Waals surface area (Å²) in [6, 6.07) is 10.8. The summed E-state index contributed by atoms with van der Waals surface area (Å²) in [5, 5.41) is 8.74. The van der Waals surface area contributed by atoms with Crippen molar-refractivity contribution in [2.24, 2.45) is 17.8 Å². The molecular formula is C25H33N5O3S. The Morgan fingerprint density at radius 1 is 1.12 bits per heavy atom. The average Bonchev–Trinajstić information content (AvgIpc) is 3.35. The summed E-state index contributed by atoms with van der Waals surface area (Å²) in [4.78, 5) is 30.8. The molecule has 2 bridgehead atoms. The Balaban J connectivity index is 1.12. The zero-order valence-electron chi connectivity index (χ0n) is 19.7. The van der Waals surface area contributed by atoms with Crippen LogP contribution in [0.25, 0.3) is 0 Å². The fraction of sp³-hybridized carbons (Fsp3) is 0.600. The smallest absolute Gasteiger partial charge is 0.308 e. The van der Waals surface area contributed by atoms with Gasteiger partial charge in [-0.1, -0.05) is 23.4 Å². The molecule has 0 aliphatic carbocycles. The molecule has 0 saturated carbocycles. The van der Waals surface area contributed by atoms with Gasteiger partial charge >= 0.3 is 5.97 Å². The number of piperidine rings is 4. The molecule has 4 atom stereocenters. The Morgan fingerprint density at radius 2 is 1.91 bits per heavy atom. The first kappa shape index (κ1) is 23.4. The molecule has 6 rings (SSSR count). The highest BCUT2D eigenvalue weighted by atomic mass is 32.2. The minimum atomic E-state index is -0.146. The van der Waals surface area contributed by atoms with E-state index in [1.165, 1.54) is 12.0 Å². The Bertz CT molecular complexity index is 991.